The van der Waals surface area contributed by atoms with Crippen LogP contribution >= 0.6 is 0 Å². The van der Waals surface area contributed by atoms with E-state index in [1.54, 1.807) is 32.3 Å². The average Bonchev–Trinajstić information content (AvgIpc) is 3.56. The summed E-state index contributed by atoms with van der Waals surface area (Å²) in [6.45, 7) is 4.00. The van der Waals surface area contributed by atoms with Gasteiger partial charge in [0.25, 0.3) is 0 Å². The molecule has 3 aromatic heterocycles. The number of aryl methyl sites for hydroxylation is 1. The normalized spacial score (nSPS) is 27.6. The maximum absolute atomic E-state index is 13.7. The van der Waals surface area contributed by atoms with Crippen LogP contribution in [-0.2, 0) is 10.2 Å². The maximum Gasteiger partial charge on any atom is 0.392 e. The molecule has 1 aliphatic heterocycles. The molecule has 0 amide bonds. The summed E-state index contributed by atoms with van der Waals surface area (Å²) in [4.78, 5) is 32.3. The molecule has 4 heterocycles. The number of rotatable bonds is 4. The fraction of sp³-hybridized carbons (Fsp3) is 0.522. The first-order chi connectivity index (χ1) is 15.7. The SMILES string of the molecule is CCC1(c2nc(C3CCOC(c4ccc(=O)[nH]c4)C3)nc3nc(C)cnc23)CC1C(F)(F)F. The predicted molar refractivity (Wildman–Crippen MR) is 114 cm³/mol. The number of alkyl halides is 3. The number of nitrogens with zero attached hydrogens (tertiary/aromatic N) is 4. The molecule has 5 rings (SSSR count). The monoisotopic (exact) mass is 459 g/mol. The molecule has 3 aromatic rings. The molecule has 4 unspecified atom stereocenters. The molecule has 0 spiro atoms. The molecule has 0 bridgehead atoms. The third-order valence-electron chi connectivity index (χ3n) is 6.95. The summed E-state index contributed by atoms with van der Waals surface area (Å²) in [5.41, 5.74) is 1.22. The number of halogens is 3. The van der Waals surface area contributed by atoms with Gasteiger partial charge in [-0.1, -0.05) is 6.92 Å². The minimum atomic E-state index is -4.29. The van der Waals surface area contributed by atoms with Crippen LogP contribution in [0.15, 0.2) is 29.3 Å². The number of ether oxygens (including phenoxy) is 1. The quantitative estimate of drug-likeness (QED) is 0.626. The second kappa shape index (κ2) is 7.86. The molecule has 174 valence electrons. The Morgan fingerprint density at radius 1 is 1.24 bits per heavy atom. The van der Waals surface area contributed by atoms with Crippen molar-refractivity contribution in [3.63, 3.8) is 0 Å². The number of hydrogen-bond donors (Lipinski definition) is 1. The van der Waals surface area contributed by atoms with E-state index in [2.05, 4.69) is 19.9 Å². The van der Waals surface area contributed by atoms with E-state index in [0.717, 1.165) is 5.56 Å². The van der Waals surface area contributed by atoms with Gasteiger partial charge in [-0.25, -0.2) is 19.9 Å². The highest BCUT2D eigenvalue weighted by Gasteiger charge is 2.67. The van der Waals surface area contributed by atoms with Crippen molar-refractivity contribution in [2.24, 2.45) is 5.92 Å². The van der Waals surface area contributed by atoms with Crippen LogP contribution in [0.4, 0.5) is 13.2 Å². The average molecular weight is 459 g/mol. The van der Waals surface area contributed by atoms with Crippen LogP contribution in [0.1, 0.15) is 67.4 Å². The molecule has 1 saturated carbocycles. The van der Waals surface area contributed by atoms with Gasteiger partial charge in [0, 0.05) is 36.4 Å². The van der Waals surface area contributed by atoms with Gasteiger partial charge in [-0.3, -0.25) is 4.79 Å². The zero-order valence-electron chi connectivity index (χ0n) is 18.3. The Morgan fingerprint density at radius 2 is 2.06 bits per heavy atom. The Kier molecular flexibility index (Phi) is 5.23. The Bertz CT molecular complexity index is 1240. The van der Waals surface area contributed by atoms with Gasteiger partial charge in [-0.2, -0.15) is 13.2 Å². The molecule has 1 aliphatic carbocycles. The van der Waals surface area contributed by atoms with Crippen LogP contribution in [0.5, 0.6) is 0 Å². The summed E-state index contributed by atoms with van der Waals surface area (Å²) in [6.07, 6.45) is 0.124. The fourth-order valence-electron chi connectivity index (χ4n) is 4.98. The van der Waals surface area contributed by atoms with Crippen LogP contribution in [-0.4, -0.2) is 37.7 Å². The van der Waals surface area contributed by atoms with Gasteiger partial charge in [0.2, 0.25) is 5.56 Å². The van der Waals surface area contributed by atoms with Gasteiger partial charge in [-0.15, -0.1) is 0 Å². The molecule has 0 radical (unpaired) electrons. The van der Waals surface area contributed by atoms with E-state index in [1.165, 1.54) is 6.07 Å². The smallest absolute Gasteiger partial charge is 0.373 e. The largest absolute Gasteiger partial charge is 0.392 e. The van der Waals surface area contributed by atoms with Gasteiger partial charge in [0.15, 0.2) is 5.65 Å². The van der Waals surface area contributed by atoms with E-state index >= 15 is 0 Å². The number of pyridine rings is 1. The molecule has 1 N–H and O–H groups in total. The molecular weight excluding hydrogens is 435 g/mol. The number of fused-ring (bicyclic) bond motifs is 1. The zero-order valence-corrected chi connectivity index (χ0v) is 18.3. The second-order valence-corrected chi connectivity index (χ2v) is 8.99. The first kappa shape index (κ1) is 21.9. The van der Waals surface area contributed by atoms with Crippen molar-refractivity contribution in [3.8, 4) is 0 Å². The van der Waals surface area contributed by atoms with Crippen molar-refractivity contribution in [2.45, 2.75) is 63.1 Å². The van der Waals surface area contributed by atoms with E-state index < -0.39 is 17.5 Å². The lowest BCUT2D eigenvalue weighted by atomic mass is 9.90. The van der Waals surface area contributed by atoms with Crippen LogP contribution in [0, 0.1) is 12.8 Å². The molecule has 2 aliphatic rings. The van der Waals surface area contributed by atoms with Gasteiger partial charge in [0.05, 0.1) is 23.4 Å². The van der Waals surface area contributed by atoms with E-state index in [-0.39, 0.29) is 24.0 Å². The minimum absolute atomic E-state index is 0.00188. The molecule has 33 heavy (non-hydrogen) atoms. The van der Waals surface area contributed by atoms with Crippen molar-refractivity contribution < 1.29 is 17.9 Å². The summed E-state index contributed by atoms with van der Waals surface area (Å²) in [5.74, 6) is -1.07. The van der Waals surface area contributed by atoms with Gasteiger partial charge in [0.1, 0.15) is 11.3 Å². The van der Waals surface area contributed by atoms with Crippen molar-refractivity contribution in [3.05, 3.63) is 57.7 Å². The number of aromatic amines is 1. The van der Waals surface area contributed by atoms with Gasteiger partial charge < -0.3 is 9.72 Å². The Balaban J connectivity index is 1.56. The zero-order chi connectivity index (χ0) is 23.4. The summed E-state index contributed by atoms with van der Waals surface area (Å²) in [7, 11) is 0. The van der Waals surface area contributed by atoms with Crippen molar-refractivity contribution in [1.29, 1.82) is 0 Å². The molecule has 7 nitrogen and oxygen atoms in total. The number of H-pyrrole nitrogens is 1. The van der Waals surface area contributed by atoms with Gasteiger partial charge in [-0.05, 0) is 44.2 Å². The third-order valence-corrected chi connectivity index (χ3v) is 6.95. The summed E-state index contributed by atoms with van der Waals surface area (Å²) < 4.78 is 46.9. The number of nitrogens with one attached hydrogen (secondary N) is 1. The highest BCUT2D eigenvalue weighted by Crippen LogP contribution is 2.63. The van der Waals surface area contributed by atoms with Crippen LogP contribution in [0.25, 0.3) is 11.2 Å². The predicted octanol–water partition coefficient (Wildman–Crippen LogP) is 4.28. The second-order valence-electron chi connectivity index (χ2n) is 8.99. The van der Waals surface area contributed by atoms with Crippen LogP contribution in [0.2, 0.25) is 0 Å². The summed E-state index contributed by atoms with van der Waals surface area (Å²) in [6, 6.07) is 3.16. The number of aromatic nitrogens is 5. The van der Waals surface area contributed by atoms with Crippen molar-refractivity contribution in [2.75, 3.05) is 6.61 Å². The van der Waals surface area contributed by atoms with E-state index in [1.807, 2.05) is 0 Å². The van der Waals surface area contributed by atoms with Gasteiger partial charge >= 0.3 is 6.18 Å². The van der Waals surface area contributed by atoms with E-state index in [0.29, 0.717) is 54.2 Å². The lowest BCUT2D eigenvalue weighted by Crippen LogP contribution is -2.25. The summed E-state index contributed by atoms with van der Waals surface area (Å²) in [5, 5.41) is 0. The molecule has 10 heteroatoms. The fourth-order valence-corrected chi connectivity index (χ4v) is 4.98. The highest BCUT2D eigenvalue weighted by atomic mass is 19.4. The lowest BCUT2D eigenvalue weighted by molar-refractivity contribution is -0.152. The molecule has 2 fully saturated rings. The Labute approximate surface area is 187 Å². The first-order valence-corrected chi connectivity index (χ1v) is 11.1. The standard InChI is InChI=1S/C23H24F3N5O2/c1-3-22(9-16(22)23(24,25)26)19-18-21(29-12(2)10-28-18)31-20(30-19)13-6-7-33-15(8-13)14-4-5-17(32)27-11-14/h4-5,10-11,13,15-16H,3,6-9H2,1-2H3,(H,27,32). The molecule has 1 saturated heterocycles. The lowest BCUT2D eigenvalue weighted by Gasteiger charge is -2.29. The van der Waals surface area contributed by atoms with Crippen LogP contribution in [0.3, 0.4) is 0 Å². The number of hydrogen-bond acceptors (Lipinski definition) is 6. The van der Waals surface area contributed by atoms with Crippen molar-refractivity contribution >= 4 is 11.2 Å². The molecule has 0 aromatic carbocycles. The first-order valence-electron chi connectivity index (χ1n) is 11.1. The van der Waals surface area contributed by atoms with E-state index in [4.69, 9.17) is 9.72 Å². The highest BCUT2D eigenvalue weighted by molar-refractivity contribution is 5.74. The maximum atomic E-state index is 13.7. The summed E-state index contributed by atoms with van der Waals surface area (Å²) >= 11 is 0. The van der Waals surface area contributed by atoms with Crippen molar-refractivity contribution in [1.82, 2.24) is 24.9 Å². The Hall–Kier alpha value is -2.88. The van der Waals surface area contributed by atoms with Crippen LogP contribution < -0.4 is 5.56 Å². The van der Waals surface area contributed by atoms with E-state index in [9.17, 15) is 18.0 Å². The third kappa shape index (κ3) is 3.90. The molecular formula is C23H24F3N5O2. The molecule has 4 atom stereocenters. The topological polar surface area (TPSA) is 93.7 Å². The Morgan fingerprint density at radius 3 is 2.73 bits per heavy atom. The minimum Gasteiger partial charge on any atom is -0.373 e.